The summed E-state index contributed by atoms with van der Waals surface area (Å²) < 4.78 is 7.02. The lowest BCUT2D eigenvalue weighted by molar-refractivity contribution is -0.125. The fourth-order valence-corrected chi connectivity index (χ4v) is 3.92. The van der Waals surface area contributed by atoms with Gasteiger partial charge in [0.05, 0.1) is 12.2 Å². The average Bonchev–Trinajstić information content (AvgIpc) is 3.15. The van der Waals surface area contributed by atoms with E-state index in [1.54, 1.807) is 6.07 Å². The number of halogens is 1. The molecular formula is C20H22ClN3O3S. The number of benzene rings is 1. The maximum atomic E-state index is 12.4. The van der Waals surface area contributed by atoms with Crippen LogP contribution in [0.1, 0.15) is 41.7 Å². The Morgan fingerprint density at radius 2 is 1.93 bits per heavy atom. The van der Waals surface area contributed by atoms with Crippen LogP contribution in [0.15, 0.2) is 30.3 Å². The molecule has 1 aromatic carbocycles. The standard InChI is InChI=1S/C20H22ClN3O3S/c1-12-15-9-16(19(26)27-11-17(25)22-20(2,3)4)28-18(15)24(23-12)10-13-5-7-14(21)8-6-13/h5-9H,10-11H2,1-4H3,(H,22,25). The van der Waals surface area contributed by atoms with Gasteiger partial charge in [0.2, 0.25) is 0 Å². The number of nitrogens with one attached hydrogen (secondary N) is 1. The molecule has 3 rings (SSSR count). The van der Waals surface area contributed by atoms with Crippen LogP contribution in [0.3, 0.4) is 0 Å². The molecule has 0 saturated carbocycles. The number of ether oxygens (including phenoxy) is 1. The van der Waals surface area contributed by atoms with Gasteiger partial charge in [-0.25, -0.2) is 4.79 Å². The molecule has 0 spiro atoms. The zero-order valence-corrected chi connectivity index (χ0v) is 17.8. The van der Waals surface area contributed by atoms with Gasteiger partial charge in [-0.1, -0.05) is 23.7 Å². The summed E-state index contributed by atoms with van der Waals surface area (Å²) in [5.41, 5.74) is 1.53. The van der Waals surface area contributed by atoms with E-state index in [0.717, 1.165) is 21.5 Å². The summed E-state index contributed by atoms with van der Waals surface area (Å²) in [6.07, 6.45) is 0. The minimum Gasteiger partial charge on any atom is -0.451 e. The molecule has 28 heavy (non-hydrogen) atoms. The van der Waals surface area contributed by atoms with Crippen LogP contribution in [-0.2, 0) is 16.1 Å². The molecule has 3 aromatic rings. The predicted molar refractivity (Wildman–Crippen MR) is 111 cm³/mol. The van der Waals surface area contributed by atoms with Crippen LogP contribution in [0.2, 0.25) is 5.02 Å². The van der Waals surface area contributed by atoms with Crippen LogP contribution in [0.25, 0.3) is 10.2 Å². The van der Waals surface area contributed by atoms with Gasteiger partial charge in [0.25, 0.3) is 5.91 Å². The van der Waals surface area contributed by atoms with Gasteiger partial charge >= 0.3 is 5.97 Å². The smallest absolute Gasteiger partial charge is 0.348 e. The van der Waals surface area contributed by atoms with Gasteiger partial charge in [0, 0.05) is 15.9 Å². The van der Waals surface area contributed by atoms with Gasteiger partial charge in [0.15, 0.2) is 6.61 Å². The Kier molecular flexibility index (Phi) is 5.76. The summed E-state index contributed by atoms with van der Waals surface area (Å²) in [4.78, 5) is 25.5. The maximum Gasteiger partial charge on any atom is 0.348 e. The van der Waals surface area contributed by atoms with Crippen molar-refractivity contribution in [2.75, 3.05) is 6.61 Å². The number of carbonyl (C=O) groups excluding carboxylic acids is 2. The fourth-order valence-electron chi connectivity index (χ4n) is 2.74. The first-order valence-electron chi connectivity index (χ1n) is 8.82. The van der Waals surface area contributed by atoms with Crippen molar-refractivity contribution in [2.45, 2.75) is 39.8 Å². The summed E-state index contributed by atoms with van der Waals surface area (Å²) in [6.45, 7) is 7.78. The number of fused-ring (bicyclic) bond motifs is 1. The second-order valence-electron chi connectivity index (χ2n) is 7.57. The molecule has 2 heterocycles. The third-order valence-electron chi connectivity index (χ3n) is 3.90. The minimum absolute atomic E-state index is 0.305. The van der Waals surface area contributed by atoms with Crippen molar-refractivity contribution in [3.8, 4) is 0 Å². The summed E-state index contributed by atoms with van der Waals surface area (Å²) in [7, 11) is 0. The summed E-state index contributed by atoms with van der Waals surface area (Å²) >= 11 is 7.25. The predicted octanol–water partition coefficient (Wildman–Crippen LogP) is 4.18. The molecule has 148 valence electrons. The van der Waals surface area contributed by atoms with Crippen LogP contribution in [0.4, 0.5) is 0 Å². The molecule has 1 N–H and O–H groups in total. The van der Waals surface area contributed by atoms with Crippen molar-refractivity contribution in [2.24, 2.45) is 0 Å². The number of nitrogens with zero attached hydrogens (tertiary/aromatic N) is 2. The number of hydrogen-bond donors (Lipinski definition) is 1. The normalized spacial score (nSPS) is 11.6. The van der Waals surface area contributed by atoms with E-state index in [-0.39, 0.29) is 18.1 Å². The van der Waals surface area contributed by atoms with Crippen LogP contribution in [0, 0.1) is 6.92 Å². The molecule has 2 aromatic heterocycles. The Hall–Kier alpha value is -2.38. The average molecular weight is 420 g/mol. The molecule has 6 nitrogen and oxygen atoms in total. The van der Waals surface area contributed by atoms with E-state index in [9.17, 15) is 9.59 Å². The Morgan fingerprint density at radius 3 is 2.57 bits per heavy atom. The molecule has 0 saturated heterocycles. The van der Waals surface area contributed by atoms with Gasteiger partial charge in [0.1, 0.15) is 9.71 Å². The lowest BCUT2D eigenvalue weighted by atomic mass is 10.1. The molecule has 0 atom stereocenters. The van der Waals surface area contributed by atoms with Gasteiger partial charge in [-0.15, -0.1) is 11.3 Å². The molecule has 8 heteroatoms. The van der Waals surface area contributed by atoms with Crippen molar-refractivity contribution in [1.29, 1.82) is 0 Å². The van der Waals surface area contributed by atoms with Crippen LogP contribution in [0.5, 0.6) is 0 Å². The van der Waals surface area contributed by atoms with Crippen molar-refractivity contribution in [3.05, 3.63) is 51.5 Å². The molecule has 0 aliphatic rings. The first-order chi connectivity index (χ1) is 13.1. The van der Waals surface area contributed by atoms with Crippen LogP contribution in [-0.4, -0.2) is 33.8 Å². The Balaban J connectivity index is 1.74. The zero-order valence-electron chi connectivity index (χ0n) is 16.2. The number of aromatic nitrogens is 2. The van der Waals surface area contributed by atoms with Gasteiger partial charge in [-0.2, -0.15) is 5.10 Å². The second-order valence-corrected chi connectivity index (χ2v) is 9.04. The van der Waals surface area contributed by atoms with Crippen molar-refractivity contribution < 1.29 is 14.3 Å². The van der Waals surface area contributed by atoms with E-state index in [2.05, 4.69) is 10.4 Å². The lowest BCUT2D eigenvalue weighted by Gasteiger charge is -2.20. The van der Waals surface area contributed by atoms with Gasteiger partial charge < -0.3 is 10.1 Å². The SMILES string of the molecule is Cc1nn(Cc2ccc(Cl)cc2)c2sc(C(=O)OCC(=O)NC(C)(C)C)cc12. The minimum atomic E-state index is -0.511. The maximum absolute atomic E-state index is 12.4. The monoisotopic (exact) mass is 419 g/mol. The van der Waals surface area contributed by atoms with E-state index >= 15 is 0 Å². The zero-order chi connectivity index (χ0) is 20.5. The molecule has 0 fully saturated rings. The fraction of sp³-hybridized carbons (Fsp3) is 0.350. The number of esters is 1. The van der Waals surface area contributed by atoms with Crippen molar-refractivity contribution in [1.82, 2.24) is 15.1 Å². The molecular weight excluding hydrogens is 398 g/mol. The Labute approximate surface area is 172 Å². The van der Waals surface area contributed by atoms with Crippen molar-refractivity contribution >= 4 is 45.0 Å². The van der Waals surface area contributed by atoms with E-state index in [1.165, 1.54) is 11.3 Å². The third-order valence-corrected chi connectivity index (χ3v) is 5.28. The van der Waals surface area contributed by atoms with Gasteiger partial charge in [-0.05, 0) is 51.5 Å². The first kappa shape index (κ1) is 20.4. The highest BCUT2D eigenvalue weighted by molar-refractivity contribution is 7.20. The van der Waals surface area contributed by atoms with Gasteiger partial charge in [-0.3, -0.25) is 9.48 Å². The number of rotatable bonds is 5. The highest BCUT2D eigenvalue weighted by Gasteiger charge is 2.20. The number of carbonyl (C=O) groups is 2. The molecule has 0 aliphatic carbocycles. The summed E-state index contributed by atoms with van der Waals surface area (Å²) in [5, 5.41) is 8.91. The van der Waals surface area contributed by atoms with E-state index in [0.29, 0.717) is 16.4 Å². The number of hydrogen-bond acceptors (Lipinski definition) is 5. The number of amides is 1. The summed E-state index contributed by atoms with van der Waals surface area (Å²) in [5.74, 6) is -0.838. The molecule has 0 bridgehead atoms. The lowest BCUT2D eigenvalue weighted by Crippen LogP contribution is -2.42. The molecule has 0 radical (unpaired) electrons. The largest absolute Gasteiger partial charge is 0.451 e. The highest BCUT2D eigenvalue weighted by Crippen LogP contribution is 2.29. The molecule has 0 aliphatic heterocycles. The third kappa shape index (κ3) is 4.91. The van der Waals surface area contributed by atoms with Crippen LogP contribution < -0.4 is 5.32 Å². The van der Waals surface area contributed by atoms with Crippen molar-refractivity contribution in [3.63, 3.8) is 0 Å². The molecule has 0 unspecified atom stereocenters. The van der Waals surface area contributed by atoms with E-state index in [4.69, 9.17) is 16.3 Å². The molecule has 1 amide bonds. The quantitative estimate of drug-likeness (QED) is 0.629. The first-order valence-corrected chi connectivity index (χ1v) is 10.0. The van der Waals surface area contributed by atoms with E-state index in [1.807, 2.05) is 56.6 Å². The highest BCUT2D eigenvalue weighted by atomic mass is 35.5. The number of thiophene rings is 1. The van der Waals surface area contributed by atoms with Crippen LogP contribution >= 0.6 is 22.9 Å². The summed E-state index contributed by atoms with van der Waals surface area (Å²) in [6, 6.07) is 9.34. The Morgan fingerprint density at radius 1 is 1.25 bits per heavy atom. The number of aryl methyl sites for hydroxylation is 1. The topological polar surface area (TPSA) is 73.2 Å². The van der Waals surface area contributed by atoms with E-state index < -0.39 is 5.97 Å². The second kappa shape index (κ2) is 7.93. The Bertz CT molecular complexity index is 1020.